The lowest BCUT2D eigenvalue weighted by Gasteiger charge is -2.09. The monoisotopic (exact) mass is 267 g/mol. The second kappa shape index (κ2) is 6.23. The van der Waals surface area contributed by atoms with Crippen molar-refractivity contribution in [3.8, 4) is 0 Å². The molecule has 1 rings (SSSR count). The molecule has 1 aliphatic carbocycles. The smallest absolute Gasteiger partial charge is 0.000735 e. The first-order valence-electron chi connectivity index (χ1n) is 4.70. The van der Waals surface area contributed by atoms with E-state index < -0.39 is 0 Å². The summed E-state index contributed by atoms with van der Waals surface area (Å²) in [6, 6.07) is 0. The molecule has 0 radical (unpaired) electrons. The van der Waals surface area contributed by atoms with E-state index in [9.17, 15) is 0 Å². The molecule has 1 fully saturated rings. The van der Waals surface area contributed by atoms with Crippen molar-refractivity contribution in [2.24, 2.45) is 5.92 Å². The molecule has 2 heteroatoms. The van der Waals surface area contributed by atoms with E-state index in [1.54, 1.807) is 0 Å². The second-order valence-corrected chi connectivity index (χ2v) is 4.48. The Bertz CT molecular complexity index is 89.6. The lowest BCUT2D eigenvalue weighted by molar-refractivity contribution is 0.491. The minimum atomic E-state index is 1.00. The van der Waals surface area contributed by atoms with E-state index in [-0.39, 0.29) is 0 Å². The quantitative estimate of drug-likeness (QED) is 0.458. The van der Waals surface area contributed by atoms with Crippen molar-refractivity contribution in [3.05, 3.63) is 0 Å². The molecule has 66 valence electrons. The predicted molar refractivity (Wildman–Crippen MR) is 58.3 cm³/mol. The van der Waals surface area contributed by atoms with Gasteiger partial charge in [0.25, 0.3) is 0 Å². The van der Waals surface area contributed by atoms with Crippen LogP contribution in [0.2, 0.25) is 0 Å². The largest absolute Gasteiger partial charge is 0.316 e. The molecule has 0 atom stereocenters. The van der Waals surface area contributed by atoms with Gasteiger partial charge in [0.05, 0.1) is 0 Å². The highest BCUT2D eigenvalue weighted by atomic mass is 127. The summed E-state index contributed by atoms with van der Waals surface area (Å²) in [7, 11) is 0. The minimum Gasteiger partial charge on any atom is -0.316 e. The molecule has 0 spiro atoms. The van der Waals surface area contributed by atoms with Gasteiger partial charge in [-0.3, -0.25) is 0 Å². The summed E-state index contributed by atoms with van der Waals surface area (Å²) in [6.07, 6.45) is 7.21. The zero-order valence-electron chi connectivity index (χ0n) is 7.11. The molecule has 1 saturated carbocycles. The molecule has 0 bridgehead atoms. The van der Waals surface area contributed by atoms with Crippen molar-refractivity contribution in [1.82, 2.24) is 5.32 Å². The maximum absolute atomic E-state index is 3.52. The van der Waals surface area contributed by atoms with Crippen molar-refractivity contribution >= 4 is 22.6 Å². The van der Waals surface area contributed by atoms with Gasteiger partial charge in [0.2, 0.25) is 0 Å². The van der Waals surface area contributed by atoms with Gasteiger partial charge in [-0.2, -0.15) is 0 Å². The van der Waals surface area contributed by atoms with Crippen LogP contribution in [0.3, 0.4) is 0 Å². The predicted octanol–water partition coefficient (Wildman–Crippen LogP) is 2.59. The Balaban J connectivity index is 1.86. The molecule has 11 heavy (non-hydrogen) atoms. The third kappa shape index (κ3) is 4.31. The summed E-state index contributed by atoms with van der Waals surface area (Å²) in [4.78, 5) is 0. The highest BCUT2D eigenvalue weighted by Gasteiger charge is 2.13. The molecule has 0 unspecified atom stereocenters. The summed E-state index contributed by atoms with van der Waals surface area (Å²) < 4.78 is 1.29. The molecule has 0 aromatic rings. The van der Waals surface area contributed by atoms with Gasteiger partial charge in [-0.15, -0.1) is 0 Å². The number of hydrogen-bond acceptors (Lipinski definition) is 1. The van der Waals surface area contributed by atoms with Crippen LogP contribution < -0.4 is 5.32 Å². The highest BCUT2D eigenvalue weighted by Crippen LogP contribution is 2.23. The first-order chi connectivity index (χ1) is 5.43. The SMILES string of the molecule is ICCCNCC1CCCC1. The summed E-state index contributed by atoms with van der Waals surface area (Å²) in [5.41, 5.74) is 0. The Labute approximate surface area is 83.5 Å². The van der Waals surface area contributed by atoms with Crippen LogP contribution in [-0.2, 0) is 0 Å². The van der Waals surface area contributed by atoms with Crippen molar-refractivity contribution in [1.29, 1.82) is 0 Å². The van der Waals surface area contributed by atoms with E-state index in [4.69, 9.17) is 0 Å². The number of alkyl halides is 1. The first kappa shape index (κ1) is 9.78. The Morgan fingerprint density at radius 1 is 1.27 bits per heavy atom. The maximum Gasteiger partial charge on any atom is 0.000735 e. The van der Waals surface area contributed by atoms with Gasteiger partial charge < -0.3 is 5.32 Å². The second-order valence-electron chi connectivity index (χ2n) is 3.40. The summed E-state index contributed by atoms with van der Waals surface area (Å²) in [5, 5.41) is 3.52. The van der Waals surface area contributed by atoms with Gasteiger partial charge in [0.1, 0.15) is 0 Å². The molecule has 1 nitrogen and oxygen atoms in total. The molecule has 1 N–H and O–H groups in total. The van der Waals surface area contributed by atoms with E-state index in [0.717, 1.165) is 5.92 Å². The van der Waals surface area contributed by atoms with Gasteiger partial charge in [-0.25, -0.2) is 0 Å². The Morgan fingerprint density at radius 3 is 2.64 bits per heavy atom. The fourth-order valence-electron chi connectivity index (χ4n) is 1.71. The molecular weight excluding hydrogens is 249 g/mol. The van der Waals surface area contributed by atoms with E-state index >= 15 is 0 Å². The number of rotatable bonds is 5. The van der Waals surface area contributed by atoms with Crippen LogP contribution in [0.4, 0.5) is 0 Å². The number of halogens is 1. The van der Waals surface area contributed by atoms with Gasteiger partial charge in [-0.1, -0.05) is 35.4 Å². The third-order valence-corrected chi connectivity index (χ3v) is 3.16. The molecule has 0 aliphatic heterocycles. The lowest BCUT2D eigenvalue weighted by Crippen LogP contribution is -2.22. The van der Waals surface area contributed by atoms with Crippen LogP contribution in [0.25, 0.3) is 0 Å². The Hall–Kier alpha value is 0.690. The maximum atomic E-state index is 3.52. The van der Waals surface area contributed by atoms with Crippen molar-refractivity contribution in [3.63, 3.8) is 0 Å². The van der Waals surface area contributed by atoms with Crippen LogP contribution in [0.1, 0.15) is 32.1 Å². The van der Waals surface area contributed by atoms with E-state index in [2.05, 4.69) is 27.9 Å². The molecule has 0 aromatic carbocycles. The molecular formula is C9H18IN. The average Bonchev–Trinajstić information content (AvgIpc) is 2.50. The van der Waals surface area contributed by atoms with Crippen molar-refractivity contribution in [2.45, 2.75) is 32.1 Å². The summed E-state index contributed by atoms with van der Waals surface area (Å²) >= 11 is 2.44. The molecule has 0 saturated heterocycles. The van der Waals surface area contributed by atoms with E-state index in [1.165, 1.54) is 49.6 Å². The van der Waals surface area contributed by atoms with Gasteiger partial charge in [0, 0.05) is 4.43 Å². The van der Waals surface area contributed by atoms with Crippen LogP contribution in [0.5, 0.6) is 0 Å². The van der Waals surface area contributed by atoms with Crippen molar-refractivity contribution in [2.75, 3.05) is 17.5 Å². The number of hydrogen-bond donors (Lipinski definition) is 1. The molecule has 0 amide bonds. The summed E-state index contributed by atoms with van der Waals surface area (Å²) in [6.45, 7) is 2.50. The Kier molecular flexibility index (Phi) is 5.54. The summed E-state index contributed by atoms with van der Waals surface area (Å²) in [5.74, 6) is 1.00. The number of nitrogens with one attached hydrogen (secondary N) is 1. The fraction of sp³-hybridized carbons (Fsp3) is 1.00. The Morgan fingerprint density at radius 2 is 2.00 bits per heavy atom. The third-order valence-electron chi connectivity index (χ3n) is 2.39. The highest BCUT2D eigenvalue weighted by molar-refractivity contribution is 14.1. The zero-order chi connectivity index (χ0) is 7.94. The normalized spacial score (nSPS) is 19.4. The molecule has 0 heterocycles. The minimum absolute atomic E-state index is 1.00. The standard InChI is InChI=1S/C9H18IN/c10-6-3-7-11-8-9-4-1-2-5-9/h9,11H,1-8H2. The van der Waals surface area contributed by atoms with Crippen LogP contribution in [0.15, 0.2) is 0 Å². The van der Waals surface area contributed by atoms with Gasteiger partial charge in [0.15, 0.2) is 0 Å². The van der Waals surface area contributed by atoms with Gasteiger partial charge in [-0.05, 0) is 38.3 Å². The fourth-order valence-corrected chi connectivity index (χ4v) is 2.09. The van der Waals surface area contributed by atoms with Gasteiger partial charge >= 0.3 is 0 Å². The molecule has 1 aliphatic rings. The first-order valence-corrected chi connectivity index (χ1v) is 6.22. The average molecular weight is 267 g/mol. The van der Waals surface area contributed by atoms with Crippen LogP contribution in [-0.4, -0.2) is 17.5 Å². The van der Waals surface area contributed by atoms with Crippen molar-refractivity contribution < 1.29 is 0 Å². The lowest BCUT2D eigenvalue weighted by atomic mass is 10.1. The zero-order valence-corrected chi connectivity index (χ0v) is 9.27. The van der Waals surface area contributed by atoms with Crippen LogP contribution >= 0.6 is 22.6 Å². The van der Waals surface area contributed by atoms with Crippen LogP contribution in [0, 0.1) is 5.92 Å². The topological polar surface area (TPSA) is 12.0 Å². The van der Waals surface area contributed by atoms with E-state index in [1.807, 2.05) is 0 Å². The van der Waals surface area contributed by atoms with E-state index in [0.29, 0.717) is 0 Å². The molecule has 0 aromatic heterocycles.